The predicted molar refractivity (Wildman–Crippen MR) is 94.8 cm³/mol. The second-order valence-corrected chi connectivity index (χ2v) is 6.86. The van der Waals surface area contributed by atoms with Gasteiger partial charge in [-0.15, -0.1) is 0 Å². The highest BCUT2D eigenvalue weighted by molar-refractivity contribution is 9.10. The molecule has 2 atom stereocenters. The van der Waals surface area contributed by atoms with Crippen molar-refractivity contribution >= 4 is 33.4 Å². The summed E-state index contributed by atoms with van der Waals surface area (Å²) in [5.74, 6) is -0.159. The third-order valence-corrected chi connectivity index (χ3v) is 4.61. The molecule has 2 unspecified atom stereocenters. The van der Waals surface area contributed by atoms with Gasteiger partial charge in [0.05, 0.1) is 12.0 Å². The molecule has 0 aromatic heterocycles. The first-order valence-corrected chi connectivity index (χ1v) is 8.56. The van der Waals surface area contributed by atoms with Crippen molar-refractivity contribution in [3.63, 3.8) is 0 Å². The van der Waals surface area contributed by atoms with Gasteiger partial charge in [-0.1, -0.05) is 51.8 Å². The van der Waals surface area contributed by atoms with Crippen LogP contribution in [0, 0.1) is 5.92 Å². The van der Waals surface area contributed by atoms with Gasteiger partial charge in [0.2, 0.25) is 5.91 Å². The Hall–Kier alpha value is -1.40. The minimum atomic E-state index is -0.180. The van der Waals surface area contributed by atoms with Crippen LogP contribution in [0.1, 0.15) is 17.2 Å². The lowest BCUT2D eigenvalue weighted by molar-refractivity contribution is -0.125. The average molecular weight is 395 g/mol. The Morgan fingerprint density at radius 2 is 2.09 bits per heavy atom. The zero-order valence-corrected chi connectivity index (χ0v) is 14.7. The molecule has 23 heavy (non-hydrogen) atoms. The summed E-state index contributed by atoms with van der Waals surface area (Å²) in [6.45, 7) is 1.10. The van der Waals surface area contributed by atoms with E-state index in [1.807, 2.05) is 48.5 Å². The quantitative estimate of drug-likeness (QED) is 0.746. The van der Waals surface area contributed by atoms with E-state index in [4.69, 9.17) is 11.6 Å². The Kier molecular flexibility index (Phi) is 5.33. The number of amides is 1. The highest BCUT2D eigenvalue weighted by Gasteiger charge is 2.33. The van der Waals surface area contributed by atoms with Gasteiger partial charge in [-0.3, -0.25) is 10.2 Å². The van der Waals surface area contributed by atoms with E-state index in [-0.39, 0.29) is 17.9 Å². The molecule has 0 saturated carbocycles. The number of benzene rings is 2. The zero-order valence-electron chi connectivity index (χ0n) is 12.4. The summed E-state index contributed by atoms with van der Waals surface area (Å²) in [6.07, 6.45) is 0. The number of hydrogen-bond acceptors (Lipinski definition) is 3. The Morgan fingerprint density at radius 1 is 1.26 bits per heavy atom. The van der Waals surface area contributed by atoms with Crippen molar-refractivity contribution < 1.29 is 4.79 Å². The van der Waals surface area contributed by atoms with Crippen LogP contribution in [-0.2, 0) is 11.3 Å². The SMILES string of the molecule is O=C(NCc1cccc(Br)c1)C1CNNC1c1cccc(Cl)c1. The molecule has 2 aromatic carbocycles. The van der Waals surface area contributed by atoms with Crippen molar-refractivity contribution in [1.82, 2.24) is 16.2 Å². The topological polar surface area (TPSA) is 53.2 Å². The maximum Gasteiger partial charge on any atom is 0.226 e. The van der Waals surface area contributed by atoms with Crippen molar-refractivity contribution in [2.75, 3.05) is 6.54 Å². The number of rotatable bonds is 4. The van der Waals surface area contributed by atoms with Gasteiger partial charge in [0, 0.05) is 22.6 Å². The summed E-state index contributed by atoms with van der Waals surface area (Å²) in [7, 11) is 0. The molecule has 1 heterocycles. The molecule has 1 amide bonds. The van der Waals surface area contributed by atoms with Crippen LogP contribution in [-0.4, -0.2) is 12.5 Å². The lowest BCUT2D eigenvalue weighted by Crippen LogP contribution is -2.34. The number of nitrogens with one attached hydrogen (secondary N) is 3. The van der Waals surface area contributed by atoms with E-state index in [0.29, 0.717) is 18.1 Å². The van der Waals surface area contributed by atoms with Gasteiger partial charge in [0.1, 0.15) is 0 Å². The van der Waals surface area contributed by atoms with Crippen LogP contribution in [0.15, 0.2) is 53.0 Å². The Balaban J connectivity index is 1.66. The van der Waals surface area contributed by atoms with E-state index in [9.17, 15) is 4.79 Å². The molecule has 1 aliphatic heterocycles. The molecule has 0 spiro atoms. The van der Waals surface area contributed by atoms with E-state index in [1.54, 1.807) is 0 Å². The molecule has 0 bridgehead atoms. The molecule has 3 N–H and O–H groups in total. The molecule has 6 heteroatoms. The monoisotopic (exact) mass is 393 g/mol. The number of hydrazine groups is 1. The van der Waals surface area contributed by atoms with Crippen LogP contribution in [0.2, 0.25) is 5.02 Å². The summed E-state index contributed by atoms with van der Waals surface area (Å²) >= 11 is 9.49. The summed E-state index contributed by atoms with van der Waals surface area (Å²) < 4.78 is 1.00. The van der Waals surface area contributed by atoms with Crippen molar-refractivity contribution in [3.05, 3.63) is 69.2 Å². The van der Waals surface area contributed by atoms with Crippen LogP contribution >= 0.6 is 27.5 Å². The van der Waals surface area contributed by atoms with Crippen LogP contribution in [0.5, 0.6) is 0 Å². The lowest BCUT2D eigenvalue weighted by Gasteiger charge is -2.18. The maximum absolute atomic E-state index is 12.5. The number of carbonyl (C=O) groups is 1. The molecule has 0 radical (unpaired) electrons. The predicted octanol–water partition coefficient (Wildman–Crippen LogP) is 3.18. The molecular formula is C17H17BrClN3O. The fraction of sp³-hybridized carbons (Fsp3) is 0.235. The summed E-state index contributed by atoms with van der Waals surface area (Å²) in [4.78, 5) is 12.5. The van der Waals surface area contributed by atoms with Gasteiger partial charge in [-0.05, 0) is 35.4 Å². The Bertz CT molecular complexity index is 710. The van der Waals surface area contributed by atoms with Gasteiger partial charge in [-0.2, -0.15) is 0 Å². The fourth-order valence-electron chi connectivity index (χ4n) is 2.72. The molecule has 1 saturated heterocycles. The van der Waals surface area contributed by atoms with E-state index < -0.39 is 0 Å². The van der Waals surface area contributed by atoms with Crippen LogP contribution in [0.25, 0.3) is 0 Å². The van der Waals surface area contributed by atoms with Gasteiger partial charge in [0.25, 0.3) is 0 Å². The Labute approximate surface area is 148 Å². The summed E-state index contributed by atoms with van der Waals surface area (Å²) in [6, 6.07) is 15.4. The zero-order chi connectivity index (χ0) is 16.2. The molecule has 2 aromatic rings. The van der Waals surface area contributed by atoms with Crippen LogP contribution in [0.3, 0.4) is 0 Å². The minimum Gasteiger partial charge on any atom is -0.352 e. The van der Waals surface area contributed by atoms with Crippen LogP contribution in [0.4, 0.5) is 0 Å². The first-order valence-electron chi connectivity index (χ1n) is 7.39. The molecule has 4 nitrogen and oxygen atoms in total. The van der Waals surface area contributed by atoms with Gasteiger partial charge < -0.3 is 5.32 Å². The first-order chi connectivity index (χ1) is 11.1. The molecule has 120 valence electrons. The van der Waals surface area contributed by atoms with E-state index in [1.165, 1.54) is 0 Å². The largest absolute Gasteiger partial charge is 0.352 e. The van der Waals surface area contributed by atoms with E-state index in [2.05, 4.69) is 32.1 Å². The van der Waals surface area contributed by atoms with E-state index >= 15 is 0 Å². The molecule has 1 fully saturated rings. The highest BCUT2D eigenvalue weighted by atomic mass is 79.9. The molecule has 1 aliphatic rings. The summed E-state index contributed by atoms with van der Waals surface area (Å²) in [5, 5.41) is 3.68. The van der Waals surface area contributed by atoms with Gasteiger partial charge in [-0.25, -0.2) is 5.43 Å². The first kappa shape index (κ1) is 16.5. The third kappa shape index (κ3) is 4.12. The molecule has 3 rings (SSSR count). The maximum atomic E-state index is 12.5. The normalized spacial score (nSPS) is 20.4. The second kappa shape index (κ2) is 7.45. The Morgan fingerprint density at radius 3 is 2.87 bits per heavy atom. The summed E-state index contributed by atoms with van der Waals surface area (Å²) in [5.41, 5.74) is 8.29. The van der Waals surface area contributed by atoms with Crippen molar-refractivity contribution in [3.8, 4) is 0 Å². The molecular weight excluding hydrogens is 378 g/mol. The standard InChI is InChI=1S/C17H17BrClN3O/c18-13-5-1-3-11(7-13)9-20-17(23)15-10-21-22-16(15)12-4-2-6-14(19)8-12/h1-8,15-16,21-22H,9-10H2,(H,20,23). The number of hydrogen-bond donors (Lipinski definition) is 3. The van der Waals surface area contributed by atoms with Gasteiger partial charge in [0.15, 0.2) is 0 Å². The lowest BCUT2D eigenvalue weighted by atomic mass is 9.94. The highest BCUT2D eigenvalue weighted by Crippen LogP contribution is 2.27. The van der Waals surface area contributed by atoms with Gasteiger partial charge >= 0.3 is 0 Å². The third-order valence-electron chi connectivity index (χ3n) is 3.88. The smallest absolute Gasteiger partial charge is 0.226 e. The average Bonchev–Trinajstić information content (AvgIpc) is 3.02. The van der Waals surface area contributed by atoms with Crippen molar-refractivity contribution in [2.45, 2.75) is 12.6 Å². The number of carbonyl (C=O) groups excluding carboxylic acids is 1. The second-order valence-electron chi connectivity index (χ2n) is 5.51. The van der Waals surface area contributed by atoms with E-state index in [0.717, 1.165) is 15.6 Å². The minimum absolute atomic E-state index is 0.0208. The number of halogens is 2. The van der Waals surface area contributed by atoms with Crippen LogP contribution < -0.4 is 16.2 Å². The van der Waals surface area contributed by atoms with Crippen molar-refractivity contribution in [2.24, 2.45) is 5.92 Å². The molecule has 0 aliphatic carbocycles. The fourth-order valence-corrected chi connectivity index (χ4v) is 3.37. The van der Waals surface area contributed by atoms with Crippen molar-refractivity contribution in [1.29, 1.82) is 0 Å².